The summed E-state index contributed by atoms with van der Waals surface area (Å²) in [5.74, 6) is 0. The average Bonchev–Trinajstić information content (AvgIpc) is 2.82. The van der Waals surface area contributed by atoms with Crippen molar-refractivity contribution in [3.05, 3.63) is 60.6 Å². The first-order valence-corrected chi connectivity index (χ1v) is 5.56. The summed E-state index contributed by atoms with van der Waals surface area (Å²) in [6, 6.07) is 3.68. The number of fused-ring (bicyclic) bond motifs is 1. The molecule has 0 bridgehead atoms. The van der Waals surface area contributed by atoms with Crippen molar-refractivity contribution >= 4 is 17.5 Å². The highest BCUT2D eigenvalue weighted by atomic mass is 16.1. The highest BCUT2D eigenvalue weighted by molar-refractivity contribution is 5.74. The van der Waals surface area contributed by atoms with Gasteiger partial charge < -0.3 is 0 Å². The zero-order valence-corrected chi connectivity index (χ0v) is 10.1. The zero-order chi connectivity index (χ0) is 13.0. The van der Waals surface area contributed by atoms with Crippen LogP contribution >= 0.6 is 0 Å². The Hall–Kier alpha value is -2.49. The van der Waals surface area contributed by atoms with E-state index in [0.717, 1.165) is 11.3 Å². The number of carbonyl (C=O) groups excluding carboxylic acids is 1. The Morgan fingerprint density at radius 2 is 2.28 bits per heavy atom. The van der Waals surface area contributed by atoms with E-state index in [9.17, 15) is 4.79 Å². The molecule has 0 saturated heterocycles. The molecule has 4 heteroatoms. The Balaban J connectivity index is 2.51. The minimum Gasteiger partial charge on any atom is -0.296 e. The number of aldehydes is 1. The van der Waals surface area contributed by atoms with E-state index < -0.39 is 0 Å². The van der Waals surface area contributed by atoms with E-state index in [2.05, 4.69) is 16.7 Å². The van der Waals surface area contributed by atoms with Crippen LogP contribution in [0.1, 0.15) is 23.1 Å². The van der Waals surface area contributed by atoms with Crippen LogP contribution in [0.25, 0.3) is 11.2 Å². The quantitative estimate of drug-likeness (QED) is 0.608. The predicted octanol–water partition coefficient (Wildman–Crippen LogP) is 2.69. The van der Waals surface area contributed by atoms with Gasteiger partial charge in [-0.1, -0.05) is 30.9 Å². The van der Waals surface area contributed by atoms with Gasteiger partial charge in [-0.15, -0.1) is 0 Å². The monoisotopic (exact) mass is 239 g/mol. The van der Waals surface area contributed by atoms with Gasteiger partial charge in [-0.3, -0.25) is 4.79 Å². The first-order chi connectivity index (χ1) is 8.78. The minimum absolute atomic E-state index is 0.372. The largest absolute Gasteiger partial charge is 0.296 e. The smallest absolute Gasteiger partial charge is 0.170 e. The number of hydrogen-bond acceptors (Lipinski definition) is 3. The van der Waals surface area contributed by atoms with Gasteiger partial charge in [0.05, 0.1) is 11.9 Å². The van der Waals surface area contributed by atoms with E-state index in [1.165, 1.54) is 0 Å². The molecule has 2 aromatic rings. The van der Waals surface area contributed by atoms with Crippen LogP contribution in [-0.2, 0) is 0 Å². The van der Waals surface area contributed by atoms with Crippen molar-refractivity contribution in [1.29, 1.82) is 0 Å². The van der Waals surface area contributed by atoms with Gasteiger partial charge in [0.15, 0.2) is 11.9 Å². The Labute approximate surface area is 105 Å². The van der Waals surface area contributed by atoms with Gasteiger partial charge in [0, 0.05) is 5.57 Å². The Morgan fingerprint density at radius 3 is 2.94 bits per heavy atom. The molecule has 2 heterocycles. The first kappa shape index (κ1) is 12.0. The maximum absolute atomic E-state index is 10.7. The molecule has 0 aliphatic carbocycles. The second-order valence-corrected chi connectivity index (χ2v) is 3.66. The van der Waals surface area contributed by atoms with Crippen LogP contribution < -0.4 is 0 Å². The lowest BCUT2D eigenvalue weighted by Crippen LogP contribution is -1.95. The highest BCUT2D eigenvalue weighted by Gasteiger charge is 2.04. The summed E-state index contributed by atoms with van der Waals surface area (Å²) in [7, 11) is 0. The van der Waals surface area contributed by atoms with Crippen LogP contribution in [-0.4, -0.2) is 20.9 Å². The van der Waals surface area contributed by atoms with Gasteiger partial charge in [0.25, 0.3) is 0 Å². The molecule has 0 N–H and O–H groups in total. The van der Waals surface area contributed by atoms with E-state index >= 15 is 0 Å². The molecule has 0 saturated carbocycles. The molecule has 0 amide bonds. The number of imidazole rings is 1. The number of carbonyl (C=O) groups is 1. The molecule has 18 heavy (non-hydrogen) atoms. The molecular formula is C14H13N3O. The van der Waals surface area contributed by atoms with Gasteiger partial charge in [0.2, 0.25) is 0 Å². The molecule has 2 rings (SSSR count). The van der Waals surface area contributed by atoms with Gasteiger partial charge in [-0.2, -0.15) is 5.10 Å². The Kier molecular flexibility index (Phi) is 3.48. The highest BCUT2D eigenvalue weighted by Crippen LogP contribution is 2.14. The summed E-state index contributed by atoms with van der Waals surface area (Å²) in [6.45, 7) is 5.71. The molecule has 0 fully saturated rings. The van der Waals surface area contributed by atoms with E-state index in [0.29, 0.717) is 17.6 Å². The molecule has 0 spiro atoms. The minimum atomic E-state index is 0.372. The summed E-state index contributed by atoms with van der Waals surface area (Å²) in [6.07, 6.45) is 9.84. The molecule has 0 aromatic carbocycles. The maximum atomic E-state index is 10.7. The molecular weight excluding hydrogens is 226 g/mol. The van der Waals surface area contributed by atoms with Crippen LogP contribution in [0.3, 0.4) is 0 Å². The fourth-order valence-corrected chi connectivity index (χ4v) is 1.57. The molecule has 2 aromatic heterocycles. The van der Waals surface area contributed by atoms with Crippen LogP contribution in [0, 0.1) is 0 Å². The lowest BCUT2D eigenvalue weighted by Gasteiger charge is -2.01. The van der Waals surface area contributed by atoms with Gasteiger partial charge >= 0.3 is 0 Å². The lowest BCUT2D eigenvalue weighted by molar-refractivity contribution is 0.111. The van der Waals surface area contributed by atoms with Gasteiger partial charge in [-0.25, -0.2) is 9.50 Å². The standard InChI is InChI=1S/C14H13N3O/c1-3-5-6-11(4-2)13-7-8-14-15-12(10-18)9-17(14)16-13/h3-10H,2H2,1H3/b5-3-,11-6+. The lowest BCUT2D eigenvalue weighted by atomic mass is 10.1. The SMILES string of the molecule is C=C/C(=C\C=C/C)c1ccc2nc(C=O)cn2n1. The number of nitrogens with zero attached hydrogens (tertiary/aromatic N) is 3. The molecule has 0 aliphatic heterocycles. The molecule has 0 aliphatic rings. The third kappa shape index (κ3) is 2.27. The van der Waals surface area contributed by atoms with E-state index in [4.69, 9.17) is 0 Å². The summed E-state index contributed by atoms with van der Waals surface area (Å²) in [5, 5.41) is 4.39. The van der Waals surface area contributed by atoms with E-state index in [1.807, 2.05) is 37.3 Å². The summed E-state index contributed by atoms with van der Waals surface area (Å²) < 4.78 is 1.59. The zero-order valence-electron chi connectivity index (χ0n) is 10.1. The predicted molar refractivity (Wildman–Crippen MR) is 71.4 cm³/mol. The van der Waals surface area contributed by atoms with Crippen LogP contribution in [0.15, 0.2) is 49.2 Å². The van der Waals surface area contributed by atoms with Gasteiger partial charge in [0.1, 0.15) is 5.69 Å². The van der Waals surface area contributed by atoms with Crippen molar-refractivity contribution in [3.63, 3.8) is 0 Å². The number of rotatable bonds is 4. The Bertz CT molecular complexity index is 650. The number of allylic oxidation sites excluding steroid dienone is 5. The molecule has 0 radical (unpaired) electrons. The number of aromatic nitrogens is 3. The van der Waals surface area contributed by atoms with Gasteiger partial charge in [-0.05, 0) is 19.1 Å². The normalized spacial score (nSPS) is 12.2. The Morgan fingerprint density at radius 1 is 1.44 bits per heavy atom. The fourth-order valence-electron chi connectivity index (χ4n) is 1.57. The van der Waals surface area contributed by atoms with Crippen molar-refractivity contribution in [3.8, 4) is 0 Å². The third-order valence-corrected chi connectivity index (χ3v) is 2.44. The second-order valence-electron chi connectivity index (χ2n) is 3.66. The van der Waals surface area contributed by atoms with Crippen LogP contribution in [0.4, 0.5) is 0 Å². The van der Waals surface area contributed by atoms with E-state index in [1.54, 1.807) is 16.8 Å². The fraction of sp³-hybridized carbons (Fsp3) is 0.0714. The van der Waals surface area contributed by atoms with Crippen LogP contribution in [0.2, 0.25) is 0 Å². The van der Waals surface area contributed by atoms with Crippen molar-refractivity contribution in [1.82, 2.24) is 14.6 Å². The van der Waals surface area contributed by atoms with Crippen molar-refractivity contribution in [2.45, 2.75) is 6.92 Å². The summed E-state index contributed by atoms with van der Waals surface area (Å²) in [5.41, 5.74) is 2.72. The third-order valence-electron chi connectivity index (χ3n) is 2.44. The first-order valence-electron chi connectivity index (χ1n) is 5.56. The van der Waals surface area contributed by atoms with Crippen molar-refractivity contribution in [2.75, 3.05) is 0 Å². The molecule has 0 atom stereocenters. The molecule has 90 valence electrons. The van der Waals surface area contributed by atoms with E-state index in [-0.39, 0.29) is 0 Å². The maximum Gasteiger partial charge on any atom is 0.170 e. The second kappa shape index (κ2) is 5.23. The molecule has 0 unspecified atom stereocenters. The summed E-state index contributed by atoms with van der Waals surface area (Å²) in [4.78, 5) is 14.7. The number of hydrogen-bond donors (Lipinski definition) is 0. The average molecular weight is 239 g/mol. The summed E-state index contributed by atoms with van der Waals surface area (Å²) >= 11 is 0. The molecule has 4 nitrogen and oxygen atoms in total. The van der Waals surface area contributed by atoms with Crippen LogP contribution in [0.5, 0.6) is 0 Å². The van der Waals surface area contributed by atoms with Crippen molar-refractivity contribution < 1.29 is 4.79 Å². The van der Waals surface area contributed by atoms with Crippen molar-refractivity contribution in [2.24, 2.45) is 0 Å². The topological polar surface area (TPSA) is 47.3 Å².